The molecule has 0 aliphatic rings. The van der Waals surface area contributed by atoms with Crippen LogP contribution in [0.3, 0.4) is 0 Å². The molecule has 0 aliphatic heterocycles. The van der Waals surface area contributed by atoms with Crippen molar-refractivity contribution in [1.29, 1.82) is 0 Å². The van der Waals surface area contributed by atoms with Crippen LogP contribution in [-0.2, 0) is 22.3 Å². The number of nitrogens with one attached hydrogen (secondary N) is 2. The second kappa shape index (κ2) is 8.56. The smallest absolute Gasteiger partial charge is 0.416 e. The molecule has 0 spiro atoms. The summed E-state index contributed by atoms with van der Waals surface area (Å²) in [6.07, 6.45) is -4.59. The van der Waals surface area contributed by atoms with Crippen LogP contribution in [0.4, 0.5) is 13.2 Å². The number of alkyl halides is 3. The average molecular weight is 346 g/mol. The van der Waals surface area contributed by atoms with Crippen molar-refractivity contribution in [3.8, 4) is 5.75 Å². The van der Waals surface area contributed by atoms with Crippen LogP contribution in [0.15, 0.2) is 18.2 Å². The number of rotatable bonds is 7. The van der Waals surface area contributed by atoms with Gasteiger partial charge in [0.2, 0.25) is 11.8 Å². The Bertz CT molecular complexity index is 586. The number of ether oxygens (including phenoxy) is 1. The summed E-state index contributed by atoms with van der Waals surface area (Å²) in [5.41, 5.74) is -0.938. The molecule has 0 saturated carbocycles. The monoisotopic (exact) mass is 346 g/mol. The van der Waals surface area contributed by atoms with Crippen molar-refractivity contribution >= 4 is 11.8 Å². The fourth-order valence-corrected chi connectivity index (χ4v) is 1.88. The van der Waals surface area contributed by atoms with Crippen LogP contribution < -0.4 is 15.4 Å². The van der Waals surface area contributed by atoms with Gasteiger partial charge in [-0.05, 0) is 31.5 Å². The molecule has 5 nitrogen and oxygen atoms in total. The van der Waals surface area contributed by atoms with E-state index in [1.54, 1.807) is 20.8 Å². The zero-order valence-electron chi connectivity index (χ0n) is 13.8. The van der Waals surface area contributed by atoms with E-state index in [1.165, 1.54) is 12.1 Å². The molecule has 0 unspecified atom stereocenters. The minimum absolute atomic E-state index is 0.0752. The van der Waals surface area contributed by atoms with E-state index in [4.69, 9.17) is 4.74 Å². The minimum Gasteiger partial charge on any atom is -0.491 e. The molecule has 2 N–H and O–H groups in total. The quantitative estimate of drug-likeness (QED) is 0.798. The van der Waals surface area contributed by atoms with Crippen molar-refractivity contribution in [3.05, 3.63) is 29.3 Å². The summed E-state index contributed by atoms with van der Waals surface area (Å²) >= 11 is 0. The summed E-state index contributed by atoms with van der Waals surface area (Å²) in [4.78, 5) is 22.6. The van der Waals surface area contributed by atoms with Crippen molar-refractivity contribution in [3.63, 3.8) is 0 Å². The van der Waals surface area contributed by atoms with Crippen LogP contribution in [0.2, 0.25) is 0 Å². The minimum atomic E-state index is -4.56. The molecule has 0 bridgehead atoms. The van der Waals surface area contributed by atoms with Crippen LogP contribution in [0.1, 0.15) is 38.3 Å². The highest BCUT2D eigenvalue weighted by molar-refractivity contribution is 5.84. The van der Waals surface area contributed by atoms with Gasteiger partial charge in [-0.1, -0.05) is 13.0 Å². The SMILES string of the molecule is CCC(=O)NCC(=O)NCc1ccc(OC(C)C)cc1C(F)(F)F. The van der Waals surface area contributed by atoms with Crippen molar-refractivity contribution in [2.45, 2.75) is 46.0 Å². The van der Waals surface area contributed by atoms with Gasteiger partial charge in [-0.2, -0.15) is 13.2 Å². The summed E-state index contributed by atoms with van der Waals surface area (Å²) in [6.45, 7) is 4.49. The van der Waals surface area contributed by atoms with Gasteiger partial charge in [0, 0.05) is 13.0 Å². The summed E-state index contributed by atoms with van der Waals surface area (Å²) in [7, 11) is 0. The van der Waals surface area contributed by atoms with Crippen LogP contribution in [-0.4, -0.2) is 24.5 Å². The zero-order valence-corrected chi connectivity index (χ0v) is 13.8. The molecule has 0 heterocycles. The number of benzene rings is 1. The van der Waals surface area contributed by atoms with Gasteiger partial charge >= 0.3 is 6.18 Å². The van der Waals surface area contributed by atoms with E-state index in [2.05, 4.69) is 10.6 Å². The Morgan fingerprint density at radius 2 is 1.83 bits per heavy atom. The van der Waals surface area contributed by atoms with Crippen LogP contribution in [0.5, 0.6) is 5.75 Å². The lowest BCUT2D eigenvalue weighted by molar-refractivity contribution is -0.138. The molecule has 0 saturated heterocycles. The van der Waals surface area contributed by atoms with Gasteiger partial charge in [-0.3, -0.25) is 9.59 Å². The number of carbonyl (C=O) groups excluding carboxylic acids is 2. The lowest BCUT2D eigenvalue weighted by Crippen LogP contribution is -2.36. The first kappa shape index (κ1) is 19.8. The first-order chi connectivity index (χ1) is 11.1. The van der Waals surface area contributed by atoms with Crippen molar-refractivity contribution < 1.29 is 27.5 Å². The first-order valence-corrected chi connectivity index (χ1v) is 7.53. The predicted octanol–water partition coefficient (Wildman–Crippen LogP) is 2.64. The van der Waals surface area contributed by atoms with Crippen LogP contribution in [0.25, 0.3) is 0 Å². The van der Waals surface area contributed by atoms with E-state index in [9.17, 15) is 22.8 Å². The maximum Gasteiger partial charge on any atom is 0.416 e. The van der Waals surface area contributed by atoms with Crippen LogP contribution in [0, 0.1) is 0 Å². The van der Waals surface area contributed by atoms with Gasteiger partial charge in [-0.25, -0.2) is 0 Å². The summed E-state index contributed by atoms with van der Waals surface area (Å²) < 4.78 is 44.8. The molecular weight excluding hydrogens is 325 g/mol. The zero-order chi connectivity index (χ0) is 18.3. The average Bonchev–Trinajstić information content (AvgIpc) is 2.49. The largest absolute Gasteiger partial charge is 0.491 e. The van der Waals surface area contributed by atoms with Crippen LogP contribution >= 0.6 is 0 Å². The Hall–Kier alpha value is -2.25. The van der Waals surface area contributed by atoms with Crippen molar-refractivity contribution in [2.24, 2.45) is 0 Å². The molecule has 8 heteroatoms. The fraction of sp³-hybridized carbons (Fsp3) is 0.500. The molecule has 1 aromatic rings. The molecule has 0 aromatic heterocycles. The van der Waals surface area contributed by atoms with E-state index in [0.29, 0.717) is 0 Å². The van der Waals surface area contributed by atoms with Gasteiger partial charge in [0.05, 0.1) is 18.2 Å². The maximum atomic E-state index is 13.2. The maximum absolute atomic E-state index is 13.2. The molecular formula is C16H21F3N2O3. The third-order valence-electron chi connectivity index (χ3n) is 3.00. The third-order valence-corrected chi connectivity index (χ3v) is 3.00. The Labute approximate surface area is 138 Å². The van der Waals surface area contributed by atoms with Gasteiger partial charge in [0.1, 0.15) is 5.75 Å². The number of halogens is 3. The lowest BCUT2D eigenvalue weighted by Gasteiger charge is -2.17. The number of amides is 2. The third kappa shape index (κ3) is 6.47. The first-order valence-electron chi connectivity index (χ1n) is 7.53. The molecule has 0 radical (unpaired) electrons. The highest BCUT2D eigenvalue weighted by Crippen LogP contribution is 2.34. The van der Waals surface area contributed by atoms with Gasteiger partial charge in [-0.15, -0.1) is 0 Å². The lowest BCUT2D eigenvalue weighted by atomic mass is 10.1. The molecule has 2 amide bonds. The van der Waals surface area contributed by atoms with Gasteiger partial charge < -0.3 is 15.4 Å². The number of carbonyl (C=O) groups is 2. The standard InChI is InChI=1S/C16H21F3N2O3/c1-4-14(22)21-9-15(23)20-8-11-5-6-12(24-10(2)3)7-13(11)16(17,18)19/h5-7,10H,4,8-9H2,1-3H3,(H,20,23)(H,21,22). The fourth-order valence-electron chi connectivity index (χ4n) is 1.88. The van der Waals surface area contributed by atoms with Gasteiger partial charge in [0.25, 0.3) is 0 Å². The molecule has 134 valence electrons. The molecule has 1 aromatic carbocycles. The van der Waals surface area contributed by atoms with E-state index >= 15 is 0 Å². The Balaban J connectivity index is 2.79. The Morgan fingerprint density at radius 1 is 1.17 bits per heavy atom. The molecule has 1 rings (SSSR count). The molecule has 0 aliphatic carbocycles. The van der Waals surface area contributed by atoms with E-state index in [-0.39, 0.29) is 42.8 Å². The predicted molar refractivity (Wildman–Crippen MR) is 82.4 cm³/mol. The summed E-state index contributed by atoms with van der Waals surface area (Å²) in [6, 6.07) is 3.61. The second-order valence-corrected chi connectivity index (χ2v) is 5.39. The highest BCUT2D eigenvalue weighted by atomic mass is 19.4. The summed E-state index contributed by atoms with van der Waals surface area (Å²) in [5, 5.41) is 4.71. The molecule has 0 atom stereocenters. The number of hydrogen-bond donors (Lipinski definition) is 2. The van der Waals surface area contributed by atoms with Crippen molar-refractivity contribution in [2.75, 3.05) is 6.54 Å². The molecule has 0 fully saturated rings. The molecule has 24 heavy (non-hydrogen) atoms. The second-order valence-electron chi connectivity index (χ2n) is 5.39. The topological polar surface area (TPSA) is 67.4 Å². The Kier molecular flexibility index (Phi) is 7.06. The highest BCUT2D eigenvalue weighted by Gasteiger charge is 2.33. The van der Waals surface area contributed by atoms with E-state index < -0.39 is 17.6 Å². The summed E-state index contributed by atoms with van der Waals surface area (Å²) in [5.74, 6) is -0.758. The normalized spacial score (nSPS) is 11.3. The van der Waals surface area contributed by atoms with E-state index in [1.807, 2.05) is 0 Å². The van der Waals surface area contributed by atoms with E-state index in [0.717, 1.165) is 6.07 Å². The Morgan fingerprint density at radius 3 is 2.38 bits per heavy atom. The van der Waals surface area contributed by atoms with Gasteiger partial charge in [0.15, 0.2) is 0 Å². The van der Waals surface area contributed by atoms with Crippen molar-refractivity contribution in [1.82, 2.24) is 10.6 Å². The number of hydrogen-bond acceptors (Lipinski definition) is 3.